The maximum atomic E-state index is 13.3. The number of hydrogen-bond donors (Lipinski definition) is 1. The summed E-state index contributed by atoms with van der Waals surface area (Å²) in [6.07, 6.45) is 1.16. The fourth-order valence-electron chi connectivity index (χ4n) is 2.32. The molecule has 1 aromatic heterocycles. The minimum absolute atomic E-state index is 0.0458. The molecule has 1 N–H and O–H groups in total. The molecule has 9 heteroatoms. The molecule has 0 aliphatic heterocycles. The Morgan fingerprint density at radius 1 is 1.11 bits per heavy atom. The fourth-order valence-corrected chi connectivity index (χ4v) is 3.69. The lowest BCUT2D eigenvalue weighted by Gasteiger charge is -2.04. The Bertz CT molecular complexity index is 1090. The van der Waals surface area contributed by atoms with E-state index < -0.39 is 21.5 Å². The lowest BCUT2D eigenvalue weighted by Crippen LogP contribution is -2.14. The van der Waals surface area contributed by atoms with Gasteiger partial charge in [-0.25, -0.2) is 22.2 Å². The van der Waals surface area contributed by atoms with Crippen molar-refractivity contribution in [1.29, 1.82) is 0 Å². The van der Waals surface area contributed by atoms with Crippen LogP contribution in [0.1, 0.15) is 5.56 Å². The highest BCUT2D eigenvalue weighted by Crippen LogP contribution is 2.26. The van der Waals surface area contributed by atoms with Gasteiger partial charge in [0, 0.05) is 17.2 Å². The topological polar surface area (TPSA) is 76.1 Å². The molecule has 0 atom stereocenters. The maximum absolute atomic E-state index is 13.3. The third kappa shape index (κ3) is 4.75. The molecule has 3 aromatic rings. The molecule has 3 rings (SSSR count). The first kappa shape index (κ1) is 19.1. The normalized spacial score (nSPS) is 11.4. The summed E-state index contributed by atoms with van der Waals surface area (Å²) in [7, 11) is -3.29. The number of amides is 1. The van der Waals surface area contributed by atoms with Crippen LogP contribution in [0.15, 0.2) is 52.7 Å². The van der Waals surface area contributed by atoms with Crippen LogP contribution >= 0.6 is 11.3 Å². The minimum atomic E-state index is -3.29. The van der Waals surface area contributed by atoms with Crippen molar-refractivity contribution in [3.05, 3.63) is 65.0 Å². The van der Waals surface area contributed by atoms with Crippen molar-refractivity contribution >= 4 is 32.2 Å². The summed E-state index contributed by atoms with van der Waals surface area (Å²) in [5, 5.41) is 4.59. The summed E-state index contributed by atoms with van der Waals surface area (Å²) in [5.41, 5.74) is 1.48. The maximum Gasteiger partial charge on any atom is 0.230 e. The fraction of sp³-hybridized carbons (Fsp3) is 0.111. The second kappa shape index (κ2) is 7.53. The van der Waals surface area contributed by atoms with Crippen molar-refractivity contribution in [2.24, 2.45) is 0 Å². The van der Waals surface area contributed by atoms with E-state index in [9.17, 15) is 22.0 Å². The van der Waals surface area contributed by atoms with Crippen LogP contribution in [0.4, 0.5) is 13.9 Å². The molecule has 140 valence electrons. The van der Waals surface area contributed by atoms with Crippen LogP contribution in [-0.2, 0) is 21.1 Å². The first-order valence-corrected chi connectivity index (χ1v) is 10.5. The average Bonchev–Trinajstić information content (AvgIpc) is 3.05. The number of aromatic nitrogens is 1. The van der Waals surface area contributed by atoms with E-state index in [1.165, 1.54) is 18.2 Å². The number of anilines is 1. The van der Waals surface area contributed by atoms with E-state index in [1.807, 2.05) is 0 Å². The summed E-state index contributed by atoms with van der Waals surface area (Å²) in [6, 6.07) is 9.50. The van der Waals surface area contributed by atoms with Crippen LogP contribution in [0.25, 0.3) is 11.3 Å². The van der Waals surface area contributed by atoms with Crippen LogP contribution in [-0.4, -0.2) is 25.6 Å². The molecule has 27 heavy (non-hydrogen) atoms. The number of halogens is 2. The Balaban J connectivity index is 1.66. The smallest absolute Gasteiger partial charge is 0.230 e. The van der Waals surface area contributed by atoms with Gasteiger partial charge in [-0.1, -0.05) is 12.1 Å². The van der Waals surface area contributed by atoms with E-state index in [0.29, 0.717) is 22.0 Å². The van der Waals surface area contributed by atoms with E-state index in [1.54, 1.807) is 17.5 Å². The van der Waals surface area contributed by atoms with Gasteiger partial charge in [0.2, 0.25) is 5.91 Å². The summed E-state index contributed by atoms with van der Waals surface area (Å²) >= 11 is 1.16. The Kier molecular flexibility index (Phi) is 5.33. The second-order valence-corrected chi connectivity index (χ2v) is 8.68. The highest BCUT2D eigenvalue weighted by molar-refractivity contribution is 7.90. The number of thiazole rings is 1. The Morgan fingerprint density at radius 2 is 1.81 bits per heavy atom. The number of hydrogen-bond acceptors (Lipinski definition) is 5. The molecule has 0 saturated carbocycles. The molecule has 0 fully saturated rings. The van der Waals surface area contributed by atoms with Gasteiger partial charge < -0.3 is 5.32 Å². The number of nitrogens with one attached hydrogen (secondary N) is 1. The van der Waals surface area contributed by atoms with Gasteiger partial charge >= 0.3 is 0 Å². The summed E-state index contributed by atoms with van der Waals surface area (Å²) in [5.74, 6) is -2.23. The number of carbonyl (C=O) groups excluding carboxylic acids is 1. The van der Waals surface area contributed by atoms with Gasteiger partial charge in [0.1, 0.15) is 0 Å². The van der Waals surface area contributed by atoms with Crippen molar-refractivity contribution in [3.63, 3.8) is 0 Å². The monoisotopic (exact) mass is 408 g/mol. The Morgan fingerprint density at radius 3 is 2.44 bits per heavy atom. The third-order valence-corrected chi connectivity index (χ3v) is 5.57. The zero-order valence-electron chi connectivity index (χ0n) is 14.1. The highest BCUT2D eigenvalue weighted by Gasteiger charge is 2.12. The molecular formula is C18H14F2N2O3S2. The number of nitrogens with zero attached hydrogens (tertiary/aromatic N) is 1. The number of sulfone groups is 1. The predicted molar refractivity (Wildman–Crippen MR) is 99.4 cm³/mol. The van der Waals surface area contributed by atoms with Gasteiger partial charge in [-0.3, -0.25) is 4.79 Å². The van der Waals surface area contributed by atoms with Gasteiger partial charge in [0.05, 0.1) is 17.0 Å². The predicted octanol–water partition coefficient (Wildman–Crippen LogP) is 3.67. The number of benzene rings is 2. The summed E-state index contributed by atoms with van der Waals surface area (Å²) in [4.78, 5) is 16.5. The highest BCUT2D eigenvalue weighted by atomic mass is 32.2. The number of rotatable bonds is 5. The van der Waals surface area contributed by atoms with Crippen molar-refractivity contribution in [3.8, 4) is 11.3 Å². The molecular weight excluding hydrogens is 394 g/mol. The standard InChI is InChI=1S/C18H14F2N2O3S2/c1-27(24,25)13-5-2-11(3-6-13)8-17(23)22-18-21-16(10-26-18)12-4-7-14(19)15(20)9-12/h2-7,9-10H,8H2,1H3,(H,21,22,23). The molecule has 0 radical (unpaired) electrons. The molecule has 0 aliphatic rings. The molecule has 1 heterocycles. The SMILES string of the molecule is CS(=O)(=O)c1ccc(CC(=O)Nc2nc(-c3ccc(F)c(F)c3)cs2)cc1. The molecule has 5 nitrogen and oxygen atoms in total. The van der Waals surface area contributed by atoms with Crippen LogP contribution in [0.2, 0.25) is 0 Å². The van der Waals surface area contributed by atoms with E-state index in [2.05, 4.69) is 10.3 Å². The molecule has 1 amide bonds. The Labute approximate surface area is 158 Å². The molecule has 0 aliphatic carbocycles. The van der Waals surface area contributed by atoms with Gasteiger partial charge in [0.25, 0.3) is 0 Å². The first-order valence-electron chi connectivity index (χ1n) is 7.72. The lowest BCUT2D eigenvalue weighted by molar-refractivity contribution is -0.115. The van der Waals surface area contributed by atoms with Crippen LogP contribution in [0, 0.1) is 11.6 Å². The van der Waals surface area contributed by atoms with E-state index in [0.717, 1.165) is 29.7 Å². The summed E-state index contributed by atoms with van der Waals surface area (Å²) in [6.45, 7) is 0. The van der Waals surface area contributed by atoms with Crippen LogP contribution in [0.5, 0.6) is 0 Å². The quantitative estimate of drug-likeness (QED) is 0.699. The van der Waals surface area contributed by atoms with Gasteiger partial charge in [0.15, 0.2) is 26.6 Å². The van der Waals surface area contributed by atoms with E-state index in [-0.39, 0.29) is 17.2 Å². The zero-order valence-corrected chi connectivity index (χ0v) is 15.7. The van der Waals surface area contributed by atoms with Gasteiger partial charge in [-0.15, -0.1) is 11.3 Å². The molecule has 0 saturated heterocycles. The molecule has 0 spiro atoms. The number of carbonyl (C=O) groups is 1. The van der Waals surface area contributed by atoms with Gasteiger partial charge in [-0.05, 0) is 35.9 Å². The summed E-state index contributed by atoms with van der Waals surface area (Å²) < 4.78 is 49.2. The first-order chi connectivity index (χ1) is 12.7. The minimum Gasteiger partial charge on any atom is -0.302 e. The largest absolute Gasteiger partial charge is 0.302 e. The molecule has 0 bridgehead atoms. The van der Waals surface area contributed by atoms with Crippen molar-refractivity contribution in [2.45, 2.75) is 11.3 Å². The molecule has 2 aromatic carbocycles. The lowest BCUT2D eigenvalue weighted by atomic mass is 10.1. The third-order valence-electron chi connectivity index (χ3n) is 3.68. The van der Waals surface area contributed by atoms with Gasteiger partial charge in [-0.2, -0.15) is 0 Å². The van der Waals surface area contributed by atoms with Crippen LogP contribution in [0.3, 0.4) is 0 Å². The van der Waals surface area contributed by atoms with Crippen LogP contribution < -0.4 is 5.32 Å². The average molecular weight is 408 g/mol. The zero-order chi connectivity index (χ0) is 19.6. The molecule has 0 unspecified atom stereocenters. The van der Waals surface area contributed by atoms with E-state index >= 15 is 0 Å². The second-order valence-electron chi connectivity index (χ2n) is 5.81. The Hall–Kier alpha value is -2.65. The van der Waals surface area contributed by atoms with Crippen molar-refractivity contribution in [1.82, 2.24) is 4.98 Å². The van der Waals surface area contributed by atoms with Crippen molar-refractivity contribution in [2.75, 3.05) is 11.6 Å². The van der Waals surface area contributed by atoms with E-state index in [4.69, 9.17) is 0 Å². The van der Waals surface area contributed by atoms with Crippen molar-refractivity contribution < 1.29 is 22.0 Å².